The lowest BCUT2D eigenvalue weighted by molar-refractivity contribution is 0.448. The lowest BCUT2D eigenvalue weighted by atomic mass is 9.85. The van der Waals surface area contributed by atoms with Gasteiger partial charge in [0.2, 0.25) is 0 Å². The normalized spacial score (nSPS) is 11.5. The van der Waals surface area contributed by atoms with Crippen molar-refractivity contribution in [2.24, 2.45) is 0 Å². The molecule has 0 radical (unpaired) electrons. The summed E-state index contributed by atoms with van der Waals surface area (Å²) in [5, 5.41) is 14.4. The molecule has 0 fully saturated rings. The molecule has 0 bridgehead atoms. The molecule has 9 aromatic rings. The van der Waals surface area contributed by atoms with Crippen LogP contribution in [0, 0.1) is 0 Å². The molecule has 0 atom stereocenters. The van der Waals surface area contributed by atoms with Gasteiger partial charge in [-0.25, -0.2) is 9.97 Å². The standard InChI is InChI=1S/C52H42N4O/c1-52(2,3)44-30-18-29-43(50(44)57)51-54-48(49(38-22-8-5-9-23-38)56(51)46-31-13-12-28-42(46)36-19-6-4-7-20-36)39-25-16-26-40(35-39)55(47-33-14-15-34-53-47)45-32-17-24-37-21-10-11-27-41(37)45/h4-35,57H,1-3H3. The number of benzene rings is 7. The second kappa shape index (κ2) is 14.8. The first-order valence-corrected chi connectivity index (χ1v) is 19.3. The van der Waals surface area contributed by atoms with Gasteiger partial charge in [-0.05, 0) is 64.4 Å². The first kappa shape index (κ1) is 35.5. The van der Waals surface area contributed by atoms with Gasteiger partial charge in [0.25, 0.3) is 0 Å². The van der Waals surface area contributed by atoms with Gasteiger partial charge in [-0.1, -0.05) is 166 Å². The number of pyridine rings is 1. The van der Waals surface area contributed by atoms with Crippen LogP contribution in [0.25, 0.3) is 61.5 Å². The fraction of sp³-hybridized carbons (Fsp3) is 0.0769. The van der Waals surface area contributed by atoms with E-state index in [1.54, 1.807) is 0 Å². The number of rotatable bonds is 8. The van der Waals surface area contributed by atoms with E-state index in [2.05, 4.69) is 170 Å². The number of nitrogens with zero attached hydrogens (tertiary/aromatic N) is 4. The van der Waals surface area contributed by atoms with Gasteiger partial charge < -0.3 is 5.11 Å². The predicted molar refractivity (Wildman–Crippen MR) is 236 cm³/mol. The van der Waals surface area contributed by atoms with Gasteiger partial charge in [0.15, 0.2) is 0 Å². The summed E-state index contributed by atoms with van der Waals surface area (Å²) in [7, 11) is 0. The Labute approximate surface area is 333 Å². The fourth-order valence-corrected chi connectivity index (χ4v) is 7.83. The molecule has 0 aliphatic rings. The van der Waals surface area contributed by atoms with Gasteiger partial charge in [0, 0.05) is 34.0 Å². The molecule has 5 nitrogen and oxygen atoms in total. The highest BCUT2D eigenvalue weighted by molar-refractivity contribution is 5.99. The molecule has 276 valence electrons. The Bertz CT molecular complexity index is 2830. The van der Waals surface area contributed by atoms with E-state index >= 15 is 0 Å². The Morgan fingerprint density at radius 3 is 1.96 bits per heavy atom. The molecule has 0 saturated carbocycles. The Balaban J connectivity index is 1.35. The van der Waals surface area contributed by atoms with Gasteiger partial charge in [-0.2, -0.15) is 0 Å². The summed E-state index contributed by atoms with van der Waals surface area (Å²) in [6.45, 7) is 6.37. The maximum atomic E-state index is 12.2. The molecule has 7 aromatic carbocycles. The lowest BCUT2D eigenvalue weighted by Gasteiger charge is -2.26. The summed E-state index contributed by atoms with van der Waals surface area (Å²) >= 11 is 0. The number of imidazole rings is 1. The SMILES string of the molecule is CC(C)(C)c1cccc(-c2nc(-c3cccc(N(c4ccccn4)c4cccc5ccccc45)c3)c(-c3ccccc3)n2-c2ccccc2-c2ccccc2)c1O. The zero-order valence-corrected chi connectivity index (χ0v) is 32.2. The van der Waals surface area contributed by atoms with Gasteiger partial charge in [-0.3, -0.25) is 9.47 Å². The van der Waals surface area contributed by atoms with E-state index in [0.29, 0.717) is 11.4 Å². The minimum atomic E-state index is -0.296. The molecular formula is C52H42N4O. The summed E-state index contributed by atoms with van der Waals surface area (Å²) < 4.78 is 2.24. The van der Waals surface area contributed by atoms with Gasteiger partial charge >= 0.3 is 0 Å². The minimum Gasteiger partial charge on any atom is -0.507 e. The first-order chi connectivity index (χ1) is 27.9. The number of hydrogen-bond acceptors (Lipinski definition) is 4. The Morgan fingerprint density at radius 2 is 1.19 bits per heavy atom. The van der Waals surface area contributed by atoms with E-state index in [0.717, 1.165) is 72.9 Å². The molecule has 0 aliphatic heterocycles. The van der Waals surface area contributed by atoms with Crippen molar-refractivity contribution in [2.45, 2.75) is 26.2 Å². The summed E-state index contributed by atoms with van der Waals surface area (Å²) in [6.07, 6.45) is 1.83. The minimum absolute atomic E-state index is 0.227. The number of para-hydroxylation sites is 2. The molecule has 57 heavy (non-hydrogen) atoms. The van der Waals surface area contributed by atoms with Crippen LogP contribution in [0.5, 0.6) is 5.75 Å². The summed E-state index contributed by atoms with van der Waals surface area (Å²) in [5.74, 6) is 1.68. The van der Waals surface area contributed by atoms with E-state index in [4.69, 9.17) is 9.97 Å². The van der Waals surface area contributed by atoms with Crippen LogP contribution in [0.4, 0.5) is 17.2 Å². The average Bonchev–Trinajstić information content (AvgIpc) is 3.65. The van der Waals surface area contributed by atoms with Gasteiger partial charge in [0.1, 0.15) is 17.4 Å². The highest BCUT2D eigenvalue weighted by Gasteiger charge is 2.28. The number of anilines is 3. The molecule has 9 rings (SSSR count). The molecule has 0 unspecified atom stereocenters. The largest absolute Gasteiger partial charge is 0.507 e. The van der Waals surface area contributed by atoms with Crippen LogP contribution in [0.15, 0.2) is 194 Å². The van der Waals surface area contributed by atoms with Gasteiger partial charge in [-0.15, -0.1) is 0 Å². The number of hydrogen-bond donors (Lipinski definition) is 1. The summed E-state index contributed by atoms with van der Waals surface area (Å²) in [4.78, 5) is 12.7. The van der Waals surface area contributed by atoms with E-state index in [1.807, 2.05) is 54.7 Å². The number of phenolic OH excluding ortho intramolecular Hbond substituents is 1. The second-order valence-electron chi connectivity index (χ2n) is 15.2. The average molecular weight is 739 g/mol. The van der Waals surface area contributed by atoms with E-state index in [9.17, 15) is 5.11 Å². The quantitative estimate of drug-likeness (QED) is 0.169. The van der Waals surface area contributed by atoms with E-state index in [-0.39, 0.29) is 11.2 Å². The zero-order chi connectivity index (χ0) is 38.9. The Morgan fingerprint density at radius 1 is 0.561 bits per heavy atom. The van der Waals surface area contributed by atoms with Crippen molar-refractivity contribution in [2.75, 3.05) is 4.90 Å². The lowest BCUT2D eigenvalue weighted by Crippen LogP contribution is -2.12. The van der Waals surface area contributed by atoms with E-state index in [1.165, 1.54) is 0 Å². The third-order valence-electron chi connectivity index (χ3n) is 10.5. The monoisotopic (exact) mass is 738 g/mol. The third-order valence-corrected chi connectivity index (χ3v) is 10.5. The molecular weight excluding hydrogens is 697 g/mol. The van der Waals surface area contributed by atoms with Crippen molar-refractivity contribution in [3.63, 3.8) is 0 Å². The number of aromatic hydroxyl groups is 1. The van der Waals surface area contributed by atoms with Crippen LogP contribution in [0.1, 0.15) is 26.3 Å². The van der Waals surface area contributed by atoms with Crippen molar-refractivity contribution in [1.29, 1.82) is 0 Å². The second-order valence-corrected chi connectivity index (χ2v) is 15.2. The maximum Gasteiger partial charge on any atom is 0.149 e. The van der Waals surface area contributed by atoms with Crippen LogP contribution in [-0.4, -0.2) is 19.6 Å². The highest BCUT2D eigenvalue weighted by Crippen LogP contribution is 2.46. The van der Waals surface area contributed by atoms with Gasteiger partial charge in [0.05, 0.1) is 28.3 Å². The van der Waals surface area contributed by atoms with Crippen LogP contribution < -0.4 is 4.90 Å². The fourth-order valence-electron chi connectivity index (χ4n) is 7.83. The summed E-state index contributed by atoms with van der Waals surface area (Å²) in [5.41, 5.74) is 9.93. The van der Waals surface area contributed by atoms with Crippen LogP contribution in [0.3, 0.4) is 0 Å². The van der Waals surface area contributed by atoms with Crippen molar-refractivity contribution < 1.29 is 5.11 Å². The Kier molecular flexibility index (Phi) is 9.19. The topological polar surface area (TPSA) is 54.2 Å². The smallest absolute Gasteiger partial charge is 0.149 e. The molecule has 1 N–H and O–H groups in total. The van der Waals surface area contributed by atoms with E-state index < -0.39 is 0 Å². The molecule has 0 saturated heterocycles. The van der Waals surface area contributed by atoms with Crippen molar-refractivity contribution in [3.05, 3.63) is 200 Å². The first-order valence-electron chi connectivity index (χ1n) is 19.3. The number of aromatic nitrogens is 3. The van der Waals surface area contributed by atoms with Crippen molar-refractivity contribution in [1.82, 2.24) is 14.5 Å². The van der Waals surface area contributed by atoms with Crippen LogP contribution >= 0.6 is 0 Å². The molecule has 0 amide bonds. The summed E-state index contributed by atoms with van der Waals surface area (Å²) in [6, 6.07) is 64.8. The molecule has 5 heteroatoms. The number of fused-ring (bicyclic) bond motifs is 1. The third kappa shape index (κ3) is 6.64. The maximum absolute atomic E-state index is 12.2. The number of phenols is 1. The molecule has 0 spiro atoms. The van der Waals surface area contributed by atoms with Crippen LogP contribution in [-0.2, 0) is 5.41 Å². The predicted octanol–water partition coefficient (Wildman–Crippen LogP) is 13.6. The zero-order valence-electron chi connectivity index (χ0n) is 32.2. The van der Waals surface area contributed by atoms with Crippen molar-refractivity contribution in [3.8, 4) is 56.5 Å². The van der Waals surface area contributed by atoms with Crippen LogP contribution in [0.2, 0.25) is 0 Å². The highest BCUT2D eigenvalue weighted by atomic mass is 16.3. The van der Waals surface area contributed by atoms with Crippen molar-refractivity contribution >= 4 is 28.0 Å². The molecule has 0 aliphatic carbocycles. The molecule has 2 heterocycles. The Hall–Kier alpha value is -7.24. The molecule has 2 aromatic heterocycles.